The van der Waals surface area contributed by atoms with E-state index in [9.17, 15) is 13.6 Å². The van der Waals surface area contributed by atoms with Gasteiger partial charge in [0, 0.05) is 28.6 Å². The maximum atomic E-state index is 14.0. The summed E-state index contributed by atoms with van der Waals surface area (Å²) in [5.41, 5.74) is 2.48. The molecule has 1 amide bonds. The van der Waals surface area contributed by atoms with Crippen molar-refractivity contribution < 1.29 is 18.3 Å². The zero-order valence-corrected chi connectivity index (χ0v) is 14.4. The van der Waals surface area contributed by atoms with Crippen LogP contribution in [0.3, 0.4) is 0 Å². The summed E-state index contributed by atoms with van der Waals surface area (Å²) >= 11 is 0. The van der Waals surface area contributed by atoms with E-state index in [1.54, 1.807) is 31.2 Å². The molecule has 2 aromatic carbocycles. The Kier molecular flexibility index (Phi) is 5.02. The first-order valence-electron chi connectivity index (χ1n) is 8.06. The number of nitrogens with one attached hydrogen (secondary N) is 2. The van der Waals surface area contributed by atoms with Gasteiger partial charge in [0.1, 0.15) is 17.4 Å². The Hall–Kier alpha value is -3.15. The molecule has 1 aliphatic heterocycles. The number of allylic oxidation sites excluding steroid dienone is 2. The number of dihydropyridines is 1. The van der Waals surface area contributed by atoms with Crippen LogP contribution >= 0.6 is 0 Å². The molecule has 1 aliphatic rings. The van der Waals surface area contributed by atoms with E-state index in [-0.39, 0.29) is 11.5 Å². The van der Waals surface area contributed by atoms with Crippen LogP contribution in [0.5, 0.6) is 5.75 Å². The molecule has 0 spiro atoms. The minimum absolute atomic E-state index is 0.259. The van der Waals surface area contributed by atoms with E-state index >= 15 is 0 Å². The van der Waals surface area contributed by atoms with E-state index < -0.39 is 11.6 Å². The number of methoxy groups -OCH3 is 1. The third-order valence-corrected chi connectivity index (χ3v) is 4.14. The zero-order chi connectivity index (χ0) is 18.7. The second-order valence-corrected chi connectivity index (χ2v) is 5.83. The van der Waals surface area contributed by atoms with Crippen LogP contribution in [0.4, 0.5) is 14.5 Å². The van der Waals surface area contributed by atoms with Gasteiger partial charge in [0.25, 0.3) is 5.91 Å². The van der Waals surface area contributed by atoms with E-state index in [0.717, 1.165) is 6.07 Å². The first-order valence-corrected chi connectivity index (χ1v) is 8.06. The van der Waals surface area contributed by atoms with E-state index in [1.165, 1.54) is 19.2 Å². The Morgan fingerprint density at radius 1 is 1.19 bits per heavy atom. The van der Waals surface area contributed by atoms with Crippen molar-refractivity contribution in [3.05, 3.63) is 77.0 Å². The lowest BCUT2D eigenvalue weighted by atomic mass is 10.0. The molecule has 0 bridgehead atoms. The molecular formula is C20H18F2N2O2. The second kappa shape index (κ2) is 7.39. The number of anilines is 1. The van der Waals surface area contributed by atoms with Gasteiger partial charge in [0.2, 0.25) is 0 Å². The first-order chi connectivity index (χ1) is 12.5. The summed E-state index contributed by atoms with van der Waals surface area (Å²) in [5, 5.41) is 5.84. The second-order valence-electron chi connectivity index (χ2n) is 5.83. The van der Waals surface area contributed by atoms with Gasteiger partial charge in [0.05, 0.1) is 12.8 Å². The molecule has 0 radical (unpaired) electrons. The quantitative estimate of drug-likeness (QED) is 0.862. The van der Waals surface area contributed by atoms with Crippen molar-refractivity contribution in [3.63, 3.8) is 0 Å². The Labute approximate surface area is 150 Å². The third-order valence-electron chi connectivity index (χ3n) is 4.14. The highest BCUT2D eigenvalue weighted by Crippen LogP contribution is 2.27. The zero-order valence-electron chi connectivity index (χ0n) is 14.4. The highest BCUT2D eigenvalue weighted by Gasteiger charge is 2.20. The first kappa shape index (κ1) is 17.7. The van der Waals surface area contributed by atoms with Crippen molar-refractivity contribution >= 4 is 17.3 Å². The molecule has 2 aromatic rings. The van der Waals surface area contributed by atoms with E-state index in [2.05, 4.69) is 10.6 Å². The lowest BCUT2D eigenvalue weighted by molar-refractivity contribution is -0.113. The Morgan fingerprint density at radius 3 is 2.65 bits per heavy atom. The molecule has 134 valence electrons. The monoisotopic (exact) mass is 356 g/mol. The number of ether oxygens (including phenoxy) is 1. The summed E-state index contributed by atoms with van der Waals surface area (Å²) < 4.78 is 32.3. The van der Waals surface area contributed by atoms with E-state index in [4.69, 9.17) is 4.74 Å². The van der Waals surface area contributed by atoms with Gasteiger partial charge in [-0.2, -0.15) is 0 Å². The lowest BCUT2D eigenvalue weighted by Crippen LogP contribution is -2.24. The van der Waals surface area contributed by atoms with Crippen LogP contribution in [0, 0.1) is 11.6 Å². The van der Waals surface area contributed by atoms with Gasteiger partial charge in [-0.15, -0.1) is 0 Å². The highest BCUT2D eigenvalue weighted by atomic mass is 19.1. The molecule has 0 unspecified atom stereocenters. The number of benzene rings is 2. The average molecular weight is 356 g/mol. The van der Waals surface area contributed by atoms with Gasteiger partial charge in [-0.3, -0.25) is 4.79 Å². The van der Waals surface area contributed by atoms with Gasteiger partial charge in [0.15, 0.2) is 0 Å². The van der Waals surface area contributed by atoms with Crippen molar-refractivity contribution in [3.8, 4) is 5.75 Å². The molecule has 26 heavy (non-hydrogen) atoms. The number of hydrogen-bond acceptors (Lipinski definition) is 3. The fraction of sp³-hybridized carbons (Fsp3) is 0.150. The number of amides is 1. The van der Waals surface area contributed by atoms with Gasteiger partial charge >= 0.3 is 0 Å². The molecule has 1 heterocycles. The highest BCUT2D eigenvalue weighted by molar-refractivity contribution is 6.05. The Bertz CT molecular complexity index is 920. The Balaban J connectivity index is 1.77. The molecule has 0 saturated heterocycles. The molecule has 6 heteroatoms. The smallest absolute Gasteiger partial charge is 0.253 e. The molecular weight excluding hydrogens is 338 g/mol. The average Bonchev–Trinajstić information content (AvgIpc) is 2.62. The topological polar surface area (TPSA) is 50.4 Å². The van der Waals surface area contributed by atoms with Gasteiger partial charge in [-0.05, 0) is 37.6 Å². The predicted octanol–water partition coefficient (Wildman–Crippen LogP) is 4.22. The fourth-order valence-corrected chi connectivity index (χ4v) is 2.78. The van der Waals surface area contributed by atoms with Crippen LogP contribution < -0.4 is 15.4 Å². The van der Waals surface area contributed by atoms with Crippen LogP contribution in [0.25, 0.3) is 5.70 Å². The summed E-state index contributed by atoms with van der Waals surface area (Å²) in [5.74, 6) is -0.993. The maximum Gasteiger partial charge on any atom is 0.253 e. The van der Waals surface area contributed by atoms with Crippen LogP contribution in [0.2, 0.25) is 0 Å². The molecule has 0 aromatic heterocycles. The minimum atomic E-state index is -0.654. The van der Waals surface area contributed by atoms with Crippen LogP contribution in [0.1, 0.15) is 18.9 Å². The van der Waals surface area contributed by atoms with Crippen LogP contribution in [-0.4, -0.2) is 13.0 Å². The fourth-order valence-electron chi connectivity index (χ4n) is 2.78. The predicted molar refractivity (Wildman–Crippen MR) is 96.4 cm³/mol. The number of para-hydroxylation sites is 2. The molecule has 0 atom stereocenters. The van der Waals surface area contributed by atoms with Crippen molar-refractivity contribution in [1.29, 1.82) is 0 Å². The summed E-state index contributed by atoms with van der Waals surface area (Å²) in [4.78, 5) is 12.6. The number of carbonyl (C=O) groups is 1. The number of carbonyl (C=O) groups excluding carboxylic acids is 1. The van der Waals surface area contributed by atoms with E-state index in [1.807, 2.05) is 6.07 Å². The largest absolute Gasteiger partial charge is 0.495 e. The summed E-state index contributed by atoms with van der Waals surface area (Å²) in [7, 11) is 1.53. The van der Waals surface area contributed by atoms with Crippen molar-refractivity contribution in [2.45, 2.75) is 13.3 Å². The lowest BCUT2D eigenvalue weighted by Gasteiger charge is -2.21. The standard InChI is InChI=1S/C20H18F2N2O2/c1-12-14(20(25)24-18-5-3-4-6-19(18)26-2)9-10-17(23-12)15-8-7-13(21)11-16(15)22/h3-8,10-11,23H,9H2,1-2H3,(H,24,25). The van der Waals surface area contributed by atoms with Crippen LogP contribution in [-0.2, 0) is 4.79 Å². The number of hydrogen-bond donors (Lipinski definition) is 2. The van der Waals surface area contributed by atoms with Crippen molar-refractivity contribution in [2.75, 3.05) is 12.4 Å². The molecule has 0 saturated carbocycles. The summed E-state index contributed by atoms with van der Waals surface area (Å²) in [6.45, 7) is 1.74. The van der Waals surface area contributed by atoms with Gasteiger partial charge < -0.3 is 15.4 Å². The maximum absolute atomic E-state index is 14.0. The molecule has 3 rings (SSSR count). The summed E-state index contributed by atoms with van der Waals surface area (Å²) in [6, 6.07) is 10.5. The number of halogens is 2. The van der Waals surface area contributed by atoms with Crippen molar-refractivity contribution in [1.82, 2.24) is 5.32 Å². The normalized spacial score (nSPS) is 13.8. The molecule has 2 N–H and O–H groups in total. The van der Waals surface area contributed by atoms with Gasteiger partial charge in [-0.25, -0.2) is 8.78 Å². The number of rotatable bonds is 4. The molecule has 0 aliphatic carbocycles. The van der Waals surface area contributed by atoms with Crippen molar-refractivity contribution in [2.24, 2.45) is 0 Å². The summed E-state index contributed by atoms with van der Waals surface area (Å²) in [6.07, 6.45) is 2.03. The van der Waals surface area contributed by atoms with Crippen LogP contribution in [0.15, 0.2) is 59.8 Å². The Morgan fingerprint density at radius 2 is 1.96 bits per heavy atom. The molecule has 0 fully saturated rings. The SMILES string of the molecule is COc1ccccc1NC(=O)C1=C(C)NC(c2ccc(F)cc2F)=CC1. The van der Waals surface area contributed by atoms with Gasteiger partial charge in [-0.1, -0.05) is 18.2 Å². The minimum Gasteiger partial charge on any atom is -0.495 e. The molecule has 4 nitrogen and oxygen atoms in total. The third kappa shape index (κ3) is 3.59. The van der Waals surface area contributed by atoms with E-state index in [0.29, 0.717) is 34.8 Å².